The van der Waals surface area contributed by atoms with Gasteiger partial charge in [0.25, 0.3) is 5.69 Å². The van der Waals surface area contributed by atoms with Gasteiger partial charge in [0, 0.05) is 25.3 Å². The van der Waals surface area contributed by atoms with Crippen LogP contribution in [0.25, 0.3) is 0 Å². The maximum absolute atomic E-state index is 13.7. The van der Waals surface area contributed by atoms with Gasteiger partial charge >= 0.3 is 0 Å². The average molecular weight is 439 g/mol. The molecule has 0 saturated carbocycles. The summed E-state index contributed by atoms with van der Waals surface area (Å²) in [5, 5.41) is 17.0. The molecule has 1 aromatic carbocycles. The van der Waals surface area contributed by atoms with Gasteiger partial charge in [-0.15, -0.1) is 0 Å². The van der Waals surface area contributed by atoms with Crippen molar-refractivity contribution < 1.29 is 27.6 Å². The molecule has 0 heterocycles. The van der Waals surface area contributed by atoms with Crippen molar-refractivity contribution in [1.29, 1.82) is 0 Å². The van der Waals surface area contributed by atoms with E-state index >= 15 is 0 Å². The summed E-state index contributed by atoms with van der Waals surface area (Å²) in [5.74, 6) is -0.142. The number of para-hydroxylation sites is 1. The van der Waals surface area contributed by atoms with E-state index in [9.17, 15) is 23.3 Å². The zero-order chi connectivity index (χ0) is 22.5. The Kier molecular flexibility index (Phi) is 7.34. The summed E-state index contributed by atoms with van der Waals surface area (Å²) >= 11 is 0. The van der Waals surface area contributed by atoms with E-state index in [1.807, 2.05) is 0 Å². The van der Waals surface area contributed by atoms with E-state index in [1.54, 1.807) is 13.8 Å². The monoisotopic (exact) mass is 439 g/mol. The molecule has 0 bridgehead atoms. The van der Waals surface area contributed by atoms with E-state index in [4.69, 9.17) is 9.47 Å². The fourth-order valence-corrected chi connectivity index (χ4v) is 5.13. The van der Waals surface area contributed by atoms with Crippen LogP contribution < -0.4 is 10.6 Å². The normalized spacial score (nSPS) is 21.2. The molecule has 1 aliphatic carbocycles. The smallest absolute Gasteiger partial charge is 0.288 e. The first-order valence-corrected chi connectivity index (χ1v) is 10.6. The molecule has 1 aromatic rings. The number of carbonyl (C=O) groups is 1. The fraction of sp³-hybridized carbons (Fsp3) is 0.421. The van der Waals surface area contributed by atoms with Gasteiger partial charge in [-0.3, -0.25) is 20.2 Å². The van der Waals surface area contributed by atoms with Crippen molar-refractivity contribution in [2.75, 3.05) is 20.8 Å². The van der Waals surface area contributed by atoms with E-state index in [2.05, 4.69) is 10.6 Å². The van der Waals surface area contributed by atoms with Gasteiger partial charge in [-0.1, -0.05) is 18.2 Å². The van der Waals surface area contributed by atoms with Crippen molar-refractivity contribution in [2.24, 2.45) is 0 Å². The number of amides is 1. The standard InChI is InChI=1S/C19H25N3O7S/c1-13(2)21-18(23)12-20-17-10-9-14(28-3)11-19(17,29-4)30(26,27)16-8-6-5-7-15(16)22(24)25/h5-11,13,17,20H,12H2,1-4H3,(H,21,23). The van der Waals surface area contributed by atoms with Gasteiger partial charge in [-0.05, 0) is 26.0 Å². The maximum Gasteiger partial charge on any atom is 0.288 e. The molecule has 2 rings (SSSR count). The molecule has 0 saturated heterocycles. The number of nitrogens with one attached hydrogen (secondary N) is 2. The average Bonchev–Trinajstić information content (AvgIpc) is 2.71. The lowest BCUT2D eigenvalue weighted by atomic mass is 10.0. The van der Waals surface area contributed by atoms with Crippen molar-refractivity contribution >= 4 is 21.4 Å². The molecule has 2 N–H and O–H groups in total. The fourth-order valence-electron chi connectivity index (χ4n) is 3.12. The lowest BCUT2D eigenvalue weighted by molar-refractivity contribution is -0.387. The highest BCUT2D eigenvalue weighted by molar-refractivity contribution is 7.93. The minimum Gasteiger partial charge on any atom is -0.497 e. The number of nitrogens with zero attached hydrogens (tertiary/aromatic N) is 1. The Labute approximate surface area is 175 Å². The molecule has 11 heteroatoms. The number of nitro groups is 1. The van der Waals surface area contributed by atoms with Crippen LogP contribution in [0, 0.1) is 10.1 Å². The topological polar surface area (TPSA) is 137 Å². The lowest BCUT2D eigenvalue weighted by Gasteiger charge is -2.37. The summed E-state index contributed by atoms with van der Waals surface area (Å²) in [4.78, 5) is 20.1. The van der Waals surface area contributed by atoms with E-state index in [-0.39, 0.29) is 24.3 Å². The molecule has 2 unspecified atom stereocenters. The van der Waals surface area contributed by atoms with Crippen molar-refractivity contribution in [3.8, 4) is 0 Å². The van der Waals surface area contributed by atoms with E-state index in [0.717, 1.165) is 12.1 Å². The molecule has 0 spiro atoms. The summed E-state index contributed by atoms with van der Waals surface area (Å²) in [6, 6.07) is 3.90. The van der Waals surface area contributed by atoms with Crippen LogP contribution in [0.15, 0.2) is 53.1 Å². The Morgan fingerprint density at radius 2 is 1.97 bits per heavy atom. The largest absolute Gasteiger partial charge is 0.497 e. The second-order valence-electron chi connectivity index (χ2n) is 6.84. The molecule has 0 radical (unpaired) electrons. The van der Waals surface area contributed by atoms with Gasteiger partial charge in [0.15, 0.2) is 0 Å². The Balaban J connectivity index is 2.56. The predicted octanol–water partition coefficient (Wildman–Crippen LogP) is 1.29. The number of carbonyl (C=O) groups excluding carboxylic acids is 1. The number of ether oxygens (including phenoxy) is 2. The number of benzene rings is 1. The minimum absolute atomic E-state index is 0.0935. The second-order valence-corrected chi connectivity index (χ2v) is 8.93. The summed E-state index contributed by atoms with van der Waals surface area (Å²) in [6.45, 7) is 3.40. The summed E-state index contributed by atoms with van der Waals surface area (Å²) < 4.78 is 38.0. The third-order valence-corrected chi connectivity index (χ3v) is 6.79. The first kappa shape index (κ1) is 23.5. The van der Waals surface area contributed by atoms with Crippen LogP contribution in [0.1, 0.15) is 13.8 Å². The predicted molar refractivity (Wildman–Crippen MR) is 109 cm³/mol. The number of methoxy groups -OCH3 is 2. The number of sulfone groups is 1. The molecule has 164 valence electrons. The summed E-state index contributed by atoms with van der Waals surface area (Å²) in [7, 11) is -1.94. The van der Waals surface area contributed by atoms with Gasteiger partial charge < -0.3 is 14.8 Å². The van der Waals surface area contributed by atoms with Crippen molar-refractivity contribution in [2.45, 2.75) is 35.8 Å². The number of rotatable bonds is 9. The number of hydrogen-bond donors (Lipinski definition) is 2. The van der Waals surface area contributed by atoms with Crippen LogP contribution in [-0.2, 0) is 24.1 Å². The van der Waals surface area contributed by atoms with Crippen LogP contribution in [0.5, 0.6) is 0 Å². The first-order chi connectivity index (χ1) is 14.1. The molecular formula is C19H25N3O7S. The van der Waals surface area contributed by atoms with Crippen molar-refractivity contribution in [3.05, 3.63) is 58.4 Å². The molecular weight excluding hydrogens is 414 g/mol. The molecule has 10 nitrogen and oxygen atoms in total. The molecule has 1 amide bonds. The summed E-state index contributed by atoms with van der Waals surface area (Å²) in [6.07, 6.45) is 4.25. The van der Waals surface area contributed by atoms with Gasteiger partial charge in [0.2, 0.25) is 20.7 Å². The lowest BCUT2D eigenvalue weighted by Crippen LogP contribution is -2.57. The Bertz CT molecular complexity index is 972. The molecule has 30 heavy (non-hydrogen) atoms. The van der Waals surface area contributed by atoms with Gasteiger partial charge in [0.1, 0.15) is 10.7 Å². The Morgan fingerprint density at radius 1 is 1.30 bits per heavy atom. The van der Waals surface area contributed by atoms with Crippen LogP contribution in [0.2, 0.25) is 0 Å². The number of nitro benzene ring substituents is 1. The quantitative estimate of drug-likeness (QED) is 0.434. The van der Waals surface area contributed by atoms with Gasteiger partial charge in [0.05, 0.1) is 24.6 Å². The first-order valence-electron chi connectivity index (χ1n) is 9.10. The zero-order valence-corrected chi connectivity index (χ0v) is 17.9. The molecule has 0 aromatic heterocycles. The Morgan fingerprint density at radius 3 is 2.53 bits per heavy atom. The molecule has 1 aliphatic rings. The number of allylic oxidation sites excluding steroid dienone is 1. The van der Waals surface area contributed by atoms with Crippen molar-refractivity contribution in [3.63, 3.8) is 0 Å². The zero-order valence-electron chi connectivity index (χ0n) is 17.1. The maximum atomic E-state index is 13.7. The molecule has 2 atom stereocenters. The van der Waals surface area contributed by atoms with Crippen LogP contribution >= 0.6 is 0 Å². The van der Waals surface area contributed by atoms with E-state index < -0.39 is 36.3 Å². The highest BCUT2D eigenvalue weighted by Crippen LogP contribution is 2.39. The molecule has 0 fully saturated rings. The van der Waals surface area contributed by atoms with Crippen LogP contribution in [0.3, 0.4) is 0 Å². The third kappa shape index (κ3) is 4.53. The third-order valence-electron chi connectivity index (χ3n) is 4.49. The Hall–Kier alpha value is -2.76. The summed E-state index contributed by atoms with van der Waals surface area (Å²) in [5.41, 5.74) is -0.577. The van der Waals surface area contributed by atoms with Gasteiger partial charge in [-0.25, -0.2) is 8.42 Å². The number of hydrogen-bond acceptors (Lipinski definition) is 8. The van der Waals surface area contributed by atoms with E-state index in [0.29, 0.717) is 0 Å². The van der Waals surface area contributed by atoms with Gasteiger partial charge in [-0.2, -0.15) is 0 Å². The van der Waals surface area contributed by atoms with Crippen LogP contribution in [0.4, 0.5) is 5.69 Å². The minimum atomic E-state index is -4.48. The second kappa shape index (κ2) is 9.37. The highest BCUT2D eigenvalue weighted by atomic mass is 32.2. The van der Waals surface area contributed by atoms with E-state index in [1.165, 1.54) is 44.6 Å². The van der Waals surface area contributed by atoms with Crippen LogP contribution in [-0.4, -0.2) is 57.0 Å². The SMILES string of the molecule is COC1=CC(OC)(S(=O)(=O)c2ccccc2[N+](=O)[O-])C(NCC(=O)NC(C)C)C=C1. The highest BCUT2D eigenvalue weighted by Gasteiger charge is 2.53. The van der Waals surface area contributed by atoms with Crippen molar-refractivity contribution in [1.82, 2.24) is 10.6 Å². The molecule has 0 aliphatic heterocycles.